The Hall–Kier alpha value is -4.83. The first kappa shape index (κ1) is 33.5. The van der Waals surface area contributed by atoms with Crippen molar-refractivity contribution in [2.45, 2.75) is 38.5 Å². The molecule has 47 heavy (non-hydrogen) atoms. The third-order valence-corrected chi connectivity index (χ3v) is 7.74. The fraction of sp³-hybridized carbons (Fsp3) is 0.226. The number of anilines is 2. The Kier molecular flexibility index (Phi) is 9.63. The van der Waals surface area contributed by atoms with Crippen LogP contribution in [0.25, 0.3) is 17.8 Å². The van der Waals surface area contributed by atoms with Crippen LogP contribution in [0.3, 0.4) is 0 Å². The van der Waals surface area contributed by atoms with Crippen LogP contribution in [0, 0.1) is 0 Å². The van der Waals surface area contributed by atoms with E-state index in [-0.39, 0.29) is 28.3 Å². The second-order valence-corrected chi connectivity index (χ2v) is 11.4. The Labute approximate surface area is 268 Å². The molecule has 1 aliphatic heterocycles. The van der Waals surface area contributed by atoms with E-state index in [1.54, 1.807) is 36.4 Å². The van der Waals surface area contributed by atoms with Crippen LogP contribution in [0.15, 0.2) is 78.0 Å². The fourth-order valence-corrected chi connectivity index (χ4v) is 5.50. The van der Waals surface area contributed by atoms with Crippen molar-refractivity contribution in [3.05, 3.63) is 95.6 Å². The number of hydrogen-bond acceptors (Lipinski definition) is 6. The van der Waals surface area contributed by atoms with Gasteiger partial charge in [-0.25, -0.2) is 14.5 Å². The Balaban J connectivity index is 1.24. The smallest absolute Gasteiger partial charge is 0.406 e. The van der Waals surface area contributed by atoms with Gasteiger partial charge < -0.3 is 15.2 Å². The molecule has 1 atom stereocenters. The van der Waals surface area contributed by atoms with Crippen LogP contribution in [-0.4, -0.2) is 49.4 Å². The molecular formula is C31H26F6N6O3S. The number of thioether (sulfide) groups is 1. The van der Waals surface area contributed by atoms with Crippen LogP contribution in [0.2, 0.25) is 0 Å². The summed E-state index contributed by atoms with van der Waals surface area (Å²) in [7, 11) is 0. The summed E-state index contributed by atoms with van der Waals surface area (Å²) in [6.07, 6.45) is -5.83. The molecule has 16 heteroatoms. The third-order valence-electron chi connectivity index (χ3n) is 6.73. The van der Waals surface area contributed by atoms with E-state index in [0.29, 0.717) is 22.8 Å². The molecule has 1 saturated heterocycles. The predicted molar refractivity (Wildman–Crippen MR) is 166 cm³/mol. The highest BCUT2D eigenvalue weighted by Gasteiger charge is 2.36. The number of benzene rings is 3. The first-order chi connectivity index (χ1) is 22.2. The van der Waals surface area contributed by atoms with Gasteiger partial charge in [-0.2, -0.15) is 18.2 Å². The number of carbonyl (C=O) groups excluding carboxylic acids is 1. The van der Waals surface area contributed by atoms with Gasteiger partial charge in [0.05, 0.1) is 11.3 Å². The monoisotopic (exact) mass is 676 g/mol. The number of aromatic nitrogens is 3. The van der Waals surface area contributed by atoms with Gasteiger partial charge in [0.15, 0.2) is 11.0 Å². The van der Waals surface area contributed by atoms with Crippen LogP contribution in [0.1, 0.15) is 42.3 Å². The van der Waals surface area contributed by atoms with Gasteiger partial charge in [-0.3, -0.25) is 4.90 Å². The SMILES string of the molecule is CC(C)c1ccc(C(F)(F)F)cc1N1/C(=N/C(=O)Nc2ccc(/C=C/c3ncn(-c4ccc(OC(F)(F)F)cc4)n3)cc2)SCC1O. The fourth-order valence-electron chi connectivity index (χ4n) is 4.55. The molecule has 0 spiro atoms. The van der Waals surface area contributed by atoms with Crippen LogP contribution in [0.5, 0.6) is 5.75 Å². The lowest BCUT2D eigenvalue weighted by atomic mass is 9.98. The number of hydrogen-bond donors (Lipinski definition) is 2. The molecule has 246 valence electrons. The summed E-state index contributed by atoms with van der Waals surface area (Å²) < 4.78 is 82.8. The van der Waals surface area contributed by atoms with Crippen molar-refractivity contribution in [2.24, 2.45) is 4.99 Å². The number of aliphatic hydroxyl groups excluding tert-OH is 1. The zero-order valence-electron chi connectivity index (χ0n) is 24.6. The number of amides is 2. The van der Waals surface area contributed by atoms with Crippen molar-refractivity contribution in [1.29, 1.82) is 0 Å². The lowest BCUT2D eigenvalue weighted by Gasteiger charge is -2.27. The molecule has 2 heterocycles. The Morgan fingerprint density at radius 3 is 2.38 bits per heavy atom. The van der Waals surface area contributed by atoms with Crippen molar-refractivity contribution >= 4 is 46.5 Å². The molecular weight excluding hydrogens is 650 g/mol. The lowest BCUT2D eigenvalue weighted by molar-refractivity contribution is -0.274. The van der Waals surface area contributed by atoms with Crippen LogP contribution in [0.4, 0.5) is 42.5 Å². The summed E-state index contributed by atoms with van der Waals surface area (Å²) in [6.45, 7) is 3.63. The van der Waals surface area contributed by atoms with Gasteiger partial charge in [0.2, 0.25) is 0 Å². The average molecular weight is 677 g/mol. The Morgan fingerprint density at radius 2 is 1.74 bits per heavy atom. The van der Waals surface area contributed by atoms with Crippen LogP contribution >= 0.6 is 11.8 Å². The molecule has 3 aromatic carbocycles. The number of halogens is 6. The van der Waals surface area contributed by atoms with Crippen molar-refractivity contribution in [3.63, 3.8) is 0 Å². The van der Waals surface area contributed by atoms with Gasteiger partial charge in [0.1, 0.15) is 18.3 Å². The van der Waals surface area contributed by atoms with Gasteiger partial charge in [0.25, 0.3) is 0 Å². The highest BCUT2D eigenvalue weighted by molar-refractivity contribution is 8.14. The molecule has 1 aromatic heterocycles. The Bertz CT molecular complexity index is 1790. The van der Waals surface area contributed by atoms with E-state index in [4.69, 9.17) is 0 Å². The summed E-state index contributed by atoms with van der Waals surface area (Å²) in [5.74, 6) is -0.0862. The second kappa shape index (κ2) is 13.5. The number of carbonyl (C=O) groups is 1. The van der Waals surface area contributed by atoms with Gasteiger partial charge >= 0.3 is 18.6 Å². The van der Waals surface area contributed by atoms with Gasteiger partial charge in [-0.1, -0.05) is 49.9 Å². The maximum atomic E-state index is 13.5. The number of nitrogens with one attached hydrogen (secondary N) is 1. The van der Waals surface area contributed by atoms with E-state index in [0.717, 1.165) is 41.6 Å². The van der Waals surface area contributed by atoms with Crippen LogP contribution < -0.4 is 15.0 Å². The van der Waals surface area contributed by atoms with Crippen molar-refractivity contribution in [1.82, 2.24) is 14.8 Å². The number of alkyl halides is 6. The summed E-state index contributed by atoms with van der Waals surface area (Å²) in [5.41, 5.74) is 1.41. The topological polar surface area (TPSA) is 105 Å². The zero-order chi connectivity index (χ0) is 33.9. The molecule has 4 aromatic rings. The molecule has 0 saturated carbocycles. The van der Waals surface area contributed by atoms with Crippen LogP contribution in [-0.2, 0) is 6.18 Å². The minimum Gasteiger partial charge on any atom is -0.406 e. The summed E-state index contributed by atoms with van der Waals surface area (Å²) in [4.78, 5) is 22.3. The third kappa shape index (κ3) is 8.51. The molecule has 1 aliphatic rings. The van der Waals surface area contributed by atoms with Crippen molar-refractivity contribution in [3.8, 4) is 11.4 Å². The summed E-state index contributed by atoms with van der Waals surface area (Å²) >= 11 is 1.05. The molecule has 9 nitrogen and oxygen atoms in total. The van der Waals surface area contributed by atoms with Crippen molar-refractivity contribution < 1.29 is 41.0 Å². The van der Waals surface area contributed by atoms with E-state index in [1.165, 1.54) is 34.1 Å². The number of urea groups is 1. The minimum atomic E-state index is -4.79. The molecule has 2 amide bonds. The maximum Gasteiger partial charge on any atom is 0.573 e. The number of nitrogens with zero attached hydrogens (tertiary/aromatic N) is 5. The number of aliphatic hydroxyl groups is 1. The maximum absolute atomic E-state index is 13.5. The van der Waals surface area contributed by atoms with E-state index in [2.05, 4.69) is 25.1 Å². The molecule has 0 aliphatic carbocycles. The number of aliphatic imine (C=N–C) groups is 1. The van der Waals surface area contributed by atoms with Gasteiger partial charge in [0, 0.05) is 17.1 Å². The molecule has 5 rings (SSSR count). The summed E-state index contributed by atoms with van der Waals surface area (Å²) in [6, 6.07) is 14.3. The number of ether oxygens (including phenoxy) is 1. The largest absolute Gasteiger partial charge is 0.573 e. The van der Waals surface area contributed by atoms with Crippen molar-refractivity contribution in [2.75, 3.05) is 16.0 Å². The van der Waals surface area contributed by atoms with E-state index in [9.17, 15) is 36.2 Å². The zero-order valence-corrected chi connectivity index (χ0v) is 25.4. The van der Waals surface area contributed by atoms with E-state index < -0.39 is 30.4 Å². The Morgan fingerprint density at radius 1 is 1.04 bits per heavy atom. The van der Waals surface area contributed by atoms with E-state index >= 15 is 0 Å². The highest BCUT2D eigenvalue weighted by atomic mass is 32.2. The standard InChI is InChI=1S/C31H26F6N6O3S/c1-18(2)24-13-6-20(30(32,33)34)15-25(24)43-27(44)16-47-29(43)40-28(45)39-21-7-3-19(4-8-21)5-14-26-38-17-42(41-26)22-9-11-23(12-10-22)46-31(35,36)37/h3-15,17-18,27,44H,16H2,1-2H3,(H,39,45)/b14-5+,40-29-. The minimum absolute atomic E-state index is 0.0632. The number of rotatable bonds is 7. The van der Waals surface area contributed by atoms with E-state index in [1.807, 2.05) is 13.8 Å². The van der Waals surface area contributed by atoms with Gasteiger partial charge in [-0.15, -0.1) is 18.3 Å². The average Bonchev–Trinajstić information content (AvgIpc) is 3.62. The normalized spacial score (nSPS) is 16.4. The first-order valence-electron chi connectivity index (χ1n) is 13.9. The second-order valence-electron chi connectivity index (χ2n) is 10.5. The molecule has 0 radical (unpaired) electrons. The molecule has 1 fully saturated rings. The highest BCUT2D eigenvalue weighted by Crippen LogP contribution is 2.39. The molecule has 0 bridgehead atoms. The molecule has 2 N–H and O–H groups in total. The molecule has 1 unspecified atom stereocenters. The first-order valence-corrected chi connectivity index (χ1v) is 14.9. The summed E-state index contributed by atoms with van der Waals surface area (Å²) in [5, 5.41) is 17.6. The predicted octanol–water partition coefficient (Wildman–Crippen LogP) is 7.94. The van der Waals surface area contributed by atoms with Gasteiger partial charge in [-0.05, 0) is 71.7 Å². The lowest BCUT2D eigenvalue weighted by Crippen LogP contribution is -2.35. The number of amidine groups is 1. The quantitative estimate of drug-likeness (QED) is 0.192.